The molecule has 2 N–H and O–H groups in total. The van der Waals surface area contributed by atoms with Gasteiger partial charge in [0.25, 0.3) is 0 Å². The molecule has 1 aliphatic rings. The molecule has 26 heavy (non-hydrogen) atoms. The number of hydrogen-bond acceptors (Lipinski definition) is 2. The van der Waals surface area contributed by atoms with Crippen LogP contribution in [0.15, 0.2) is 48.5 Å². The Balaban J connectivity index is 1.56. The Morgan fingerprint density at radius 1 is 1.15 bits per heavy atom. The van der Waals surface area contributed by atoms with Gasteiger partial charge in [-0.3, -0.25) is 5.10 Å². The van der Waals surface area contributed by atoms with Gasteiger partial charge in [0.2, 0.25) is 0 Å². The molecule has 0 fully saturated rings. The van der Waals surface area contributed by atoms with E-state index in [1.165, 1.54) is 0 Å². The zero-order valence-corrected chi connectivity index (χ0v) is 15.3. The molecule has 0 aliphatic carbocycles. The first-order valence-corrected chi connectivity index (χ1v) is 9.00. The van der Waals surface area contributed by atoms with E-state index < -0.39 is 0 Å². The average molecular weight is 387 g/mol. The normalized spacial score (nSPS) is 13.4. The number of anilines is 1. The number of aromatic nitrogens is 2. The molecule has 5 nitrogen and oxygen atoms in total. The lowest BCUT2D eigenvalue weighted by atomic mass is 10.0. The number of carbonyl (C=O) groups is 1. The fourth-order valence-electron chi connectivity index (χ4n) is 3.09. The molecule has 0 saturated carbocycles. The summed E-state index contributed by atoms with van der Waals surface area (Å²) >= 11 is 12.1. The van der Waals surface area contributed by atoms with E-state index in [1.807, 2.05) is 30.3 Å². The van der Waals surface area contributed by atoms with Crippen LogP contribution < -0.4 is 5.32 Å². The molecule has 132 valence electrons. The summed E-state index contributed by atoms with van der Waals surface area (Å²) in [6.07, 6.45) is 0.728. The van der Waals surface area contributed by atoms with Crippen LogP contribution in [0.2, 0.25) is 10.0 Å². The molecule has 1 aliphatic heterocycles. The van der Waals surface area contributed by atoms with Crippen LogP contribution in [0.25, 0.3) is 11.3 Å². The molecule has 3 aromatic rings. The fraction of sp³-hybridized carbons (Fsp3) is 0.158. The number of carbonyl (C=O) groups excluding carboxylic acids is 1. The van der Waals surface area contributed by atoms with Crippen LogP contribution >= 0.6 is 23.2 Å². The predicted molar refractivity (Wildman–Crippen MR) is 104 cm³/mol. The number of amides is 2. The second-order valence-electron chi connectivity index (χ2n) is 6.12. The highest BCUT2D eigenvalue weighted by atomic mass is 35.5. The molecule has 0 atom stereocenters. The molecular formula is C19H16Cl2N4O. The summed E-state index contributed by atoms with van der Waals surface area (Å²) in [5.41, 5.74) is 4.55. The lowest BCUT2D eigenvalue weighted by Gasteiger charge is -2.27. The van der Waals surface area contributed by atoms with Crippen molar-refractivity contribution in [1.82, 2.24) is 15.1 Å². The zero-order valence-electron chi connectivity index (χ0n) is 13.8. The lowest BCUT2D eigenvalue weighted by molar-refractivity contribution is 0.206. The topological polar surface area (TPSA) is 61.0 Å². The molecule has 1 aromatic heterocycles. The number of H-pyrrole nitrogens is 1. The minimum absolute atomic E-state index is 0.208. The number of nitrogens with zero attached hydrogens (tertiary/aromatic N) is 2. The van der Waals surface area contributed by atoms with Crippen molar-refractivity contribution in [3.8, 4) is 11.3 Å². The molecule has 2 aromatic carbocycles. The van der Waals surface area contributed by atoms with Crippen LogP contribution in [0.4, 0.5) is 10.5 Å². The highest BCUT2D eigenvalue weighted by molar-refractivity contribution is 6.35. The maximum atomic E-state index is 12.7. The third-order valence-electron chi connectivity index (χ3n) is 4.44. The van der Waals surface area contributed by atoms with Gasteiger partial charge >= 0.3 is 6.03 Å². The van der Waals surface area contributed by atoms with Crippen molar-refractivity contribution < 1.29 is 4.79 Å². The highest BCUT2D eigenvalue weighted by Gasteiger charge is 2.26. The Kier molecular flexibility index (Phi) is 4.57. The molecule has 4 rings (SSSR count). The number of aromatic amines is 1. The summed E-state index contributed by atoms with van der Waals surface area (Å²) in [6, 6.07) is 14.7. The number of rotatable bonds is 2. The number of benzene rings is 2. The number of urea groups is 1. The van der Waals surface area contributed by atoms with Crippen molar-refractivity contribution in [2.75, 3.05) is 11.9 Å². The summed E-state index contributed by atoms with van der Waals surface area (Å²) in [5.74, 6) is 0. The first-order valence-electron chi connectivity index (χ1n) is 8.24. The summed E-state index contributed by atoms with van der Waals surface area (Å²) in [7, 11) is 0. The number of fused-ring (bicyclic) bond motifs is 1. The lowest BCUT2D eigenvalue weighted by Crippen LogP contribution is -2.38. The predicted octanol–water partition coefficient (Wildman–Crippen LogP) is 4.97. The third-order valence-corrected chi connectivity index (χ3v) is 5.00. The zero-order chi connectivity index (χ0) is 18.1. The van der Waals surface area contributed by atoms with Crippen LogP contribution in [0.1, 0.15) is 11.3 Å². The van der Waals surface area contributed by atoms with E-state index in [0.29, 0.717) is 28.8 Å². The number of halogens is 2. The van der Waals surface area contributed by atoms with Crippen molar-refractivity contribution in [2.45, 2.75) is 13.0 Å². The first kappa shape index (κ1) is 16.9. The van der Waals surface area contributed by atoms with Crippen molar-refractivity contribution >= 4 is 34.9 Å². The number of nitrogens with one attached hydrogen (secondary N) is 2. The van der Waals surface area contributed by atoms with Gasteiger partial charge < -0.3 is 10.2 Å². The van der Waals surface area contributed by atoms with Gasteiger partial charge in [0.15, 0.2) is 0 Å². The van der Waals surface area contributed by atoms with Crippen LogP contribution in [0, 0.1) is 0 Å². The quantitative estimate of drug-likeness (QED) is 0.652. The summed E-state index contributed by atoms with van der Waals surface area (Å²) in [6.45, 7) is 1.09. The van der Waals surface area contributed by atoms with Crippen molar-refractivity contribution in [2.24, 2.45) is 0 Å². The fourth-order valence-corrected chi connectivity index (χ4v) is 3.43. The van der Waals surface area contributed by atoms with Gasteiger partial charge in [0.05, 0.1) is 22.9 Å². The van der Waals surface area contributed by atoms with Gasteiger partial charge in [0.1, 0.15) is 0 Å². The Morgan fingerprint density at radius 3 is 2.77 bits per heavy atom. The number of hydrogen-bond donors (Lipinski definition) is 2. The van der Waals surface area contributed by atoms with Crippen molar-refractivity contribution in [3.63, 3.8) is 0 Å². The Bertz CT molecular complexity index is 955. The van der Waals surface area contributed by atoms with Gasteiger partial charge in [-0.2, -0.15) is 5.10 Å². The average Bonchev–Trinajstić information content (AvgIpc) is 3.08. The Hall–Kier alpha value is -2.50. The van der Waals surface area contributed by atoms with Crippen LogP contribution in [0.3, 0.4) is 0 Å². The largest absolute Gasteiger partial charge is 0.322 e. The molecule has 0 bridgehead atoms. The SMILES string of the molecule is O=C(Nc1cc(Cl)ccc1Cl)N1CCc2[nH]nc(-c3ccccc3)c2C1. The maximum Gasteiger partial charge on any atom is 0.322 e. The minimum Gasteiger partial charge on any atom is -0.320 e. The van der Waals surface area contributed by atoms with Gasteiger partial charge in [0, 0.05) is 34.8 Å². The third kappa shape index (κ3) is 3.28. The molecule has 0 radical (unpaired) electrons. The van der Waals surface area contributed by atoms with Crippen molar-refractivity contribution in [1.29, 1.82) is 0 Å². The van der Waals surface area contributed by atoms with Gasteiger partial charge in [-0.1, -0.05) is 53.5 Å². The Morgan fingerprint density at radius 2 is 1.96 bits per heavy atom. The second kappa shape index (κ2) is 7.02. The first-order chi connectivity index (χ1) is 12.6. The summed E-state index contributed by atoms with van der Waals surface area (Å²) in [5, 5.41) is 11.4. The van der Waals surface area contributed by atoms with Crippen molar-refractivity contribution in [3.05, 3.63) is 69.8 Å². The molecular weight excluding hydrogens is 371 g/mol. The molecule has 0 spiro atoms. The maximum absolute atomic E-state index is 12.7. The monoisotopic (exact) mass is 386 g/mol. The van der Waals surface area contributed by atoms with E-state index in [2.05, 4.69) is 15.5 Å². The molecule has 2 heterocycles. The second-order valence-corrected chi connectivity index (χ2v) is 6.96. The van der Waals surface area contributed by atoms with E-state index in [-0.39, 0.29) is 6.03 Å². The molecule has 0 unspecified atom stereocenters. The van der Waals surface area contributed by atoms with Crippen LogP contribution in [0.5, 0.6) is 0 Å². The minimum atomic E-state index is -0.208. The summed E-state index contributed by atoms with van der Waals surface area (Å²) in [4.78, 5) is 14.4. The van der Waals surface area contributed by atoms with E-state index in [4.69, 9.17) is 23.2 Å². The van der Waals surface area contributed by atoms with Crippen LogP contribution in [-0.2, 0) is 13.0 Å². The highest BCUT2D eigenvalue weighted by Crippen LogP contribution is 2.29. The Labute approximate surface area is 160 Å². The van der Waals surface area contributed by atoms with Gasteiger partial charge in [-0.05, 0) is 18.2 Å². The molecule has 0 saturated heterocycles. The van der Waals surface area contributed by atoms with Gasteiger partial charge in [-0.15, -0.1) is 0 Å². The van der Waals surface area contributed by atoms with Crippen LogP contribution in [-0.4, -0.2) is 27.7 Å². The van der Waals surface area contributed by atoms with Gasteiger partial charge in [-0.25, -0.2) is 4.79 Å². The van der Waals surface area contributed by atoms with E-state index in [1.54, 1.807) is 23.1 Å². The smallest absolute Gasteiger partial charge is 0.320 e. The molecule has 7 heteroatoms. The molecule has 2 amide bonds. The summed E-state index contributed by atoms with van der Waals surface area (Å²) < 4.78 is 0. The standard InChI is InChI=1S/C19H16Cl2N4O/c20-13-6-7-15(21)17(10-13)22-19(26)25-9-8-16-14(11-25)18(24-23-16)12-4-2-1-3-5-12/h1-7,10H,8-9,11H2,(H,22,26)(H,23,24). The van der Waals surface area contributed by atoms with E-state index in [0.717, 1.165) is 28.9 Å². The van der Waals surface area contributed by atoms with E-state index in [9.17, 15) is 4.79 Å². The van der Waals surface area contributed by atoms with E-state index >= 15 is 0 Å².